The van der Waals surface area contributed by atoms with Crippen molar-refractivity contribution < 1.29 is 27.9 Å². The van der Waals surface area contributed by atoms with Crippen LogP contribution in [0.4, 0.5) is 13.2 Å². The molecule has 0 unspecified atom stereocenters. The van der Waals surface area contributed by atoms with E-state index in [0.29, 0.717) is 17.2 Å². The molecule has 33 heavy (non-hydrogen) atoms. The zero-order chi connectivity index (χ0) is 24.1. The Morgan fingerprint density at radius 2 is 1.67 bits per heavy atom. The molecule has 0 atom stereocenters. The van der Waals surface area contributed by atoms with Gasteiger partial charge in [-0.1, -0.05) is 0 Å². The van der Waals surface area contributed by atoms with Gasteiger partial charge in [-0.2, -0.15) is 18.3 Å². The number of halogens is 3. The lowest BCUT2D eigenvalue weighted by atomic mass is 9.65. The van der Waals surface area contributed by atoms with Gasteiger partial charge in [0.25, 0.3) is 0 Å². The molecule has 2 saturated heterocycles. The first kappa shape index (κ1) is 25.5. The number of aromatic nitrogens is 2. The monoisotopic (exact) mass is 472 g/mol. The Hall–Kier alpha value is -2.10. The number of piperidine rings is 1. The topological polar surface area (TPSA) is 78.7 Å². The van der Waals surface area contributed by atoms with E-state index in [1.54, 1.807) is 0 Å². The summed E-state index contributed by atoms with van der Waals surface area (Å²) in [7, 11) is 1.99. The molecule has 1 spiro atoms. The van der Waals surface area contributed by atoms with E-state index in [4.69, 9.17) is 9.90 Å². The fraction of sp³-hybridized carbons (Fsp3) is 0.783. The van der Waals surface area contributed by atoms with Crippen molar-refractivity contribution in [3.05, 3.63) is 18.0 Å². The maximum atomic E-state index is 12.4. The van der Waals surface area contributed by atoms with E-state index in [2.05, 4.69) is 21.1 Å². The summed E-state index contributed by atoms with van der Waals surface area (Å²) in [4.78, 5) is 26.0. The highest BCUT2D eigenvalue weighted by molar-refractivity contribution is 5.76. The number of carboxylic acid groups (broad SMARTS) is 1. The fourth-order valence-corrected chi connectivity index (χ4v) is 5.33. The highest BCUT2D eigenvalue weighted by Crippen LogP contribution is 2.47. The first-order valence-electron chi connectivity index (χ1n) is 11.8. The number of aliphatic carboxylic acids is 1. The van der Waals surface area contributed by atoms with E-state index in [9.17, 15) is 18.0 Å². The first-order valence-corrected chi connectivity index (χ1v) is 11.8. The van der Waals surface area contributed by atoms with Gasteiger partial charge in [-0.3, -0.25) is 14.4 Å². The van der Waals surface area contributed by atoms with Crippen molar-refractivity contribution in [1.82, 2.24) is 19.6 Å². The van der Waals surface area contributed by atoms with Crippen LogP contribution >= 0.6 is 0 Å². The molecule has 186 valence electrons. The molecule has 1 aromatic heterocycles. The van der Waals surface area contributed by atoms with Crippen molar-refractivity contribution in [2.24, 2.45) is 18.4 Å². The van der Waals surface area contributed by atoms with Crippen LogP contribution in [0.15, 0.2) is 12.4 Å². The molecule has 2 aliphatic heterocycles. The third-order valence-electron chi connectivity index (χ3n) is 7.41. The largest absolute Gasteiger partial charge is 0.490 e. The fourth-order valence-electron chi connectivity index (χ4n) is 5.33. The average molecular weight is 473 g/mol. The van der Waals surface area contributed by atoms with Gasteiger partial charge >= 0.3 is 12.1 Å². The van der Waals surface area contributed by atoms with Crippen LogP contribution in [0, 0.1) is 11.3 Å². The van der Waals surface area contributed by atoms with Crippen molar-refractivity contribution in [2.75, 3.05) is 26.2 Å². The standard InChI is InChI=1S/C21H34N4O.C2HF3O2/c1-23-16-19(15-22-23)17-24-12-8-21(9-13-24)6-4-18(5-7-21)14-20(26)25-10-2-3-11-25;3-2(4,5)1(6)7/h15-16,18H,2-14,17H2,1H3;(H,6,7). The van der Waals surface area contributed by atoms with Crippen LogP contribution in [-0.2, 0) is 23.2 Å². The molecule has 3 aliphatic rings. The molecule has 10 heteroatoms. The number of amides is 1. The van der Waals surface area contributed by atoms with Gasteiger partial charge in [0.05, 0.1) is 6.20 Å². The normalized spacial score (nSPS) is 21.6. The lowest BCUT2D eigenvalue weighted by molar-refractivity contribution is -0.192. The van der Waals surface area contributed by atoms with Gasteiger partial charge in [0, 0.05) is 44.9 Å². The maximum absolute atomic E-state index is 12.4. The van der Waals surface area contributed by atoms with E-state index >= 15 is 0 Å². The number of likely N-dealkylation sites (tertiary alicyclic amines) is 2. The summed E-state index contributed by atoms with van der Waals surface area (Å²) in [6, 6.07) is 0. The second kappa shape index (κ2) is 10.9. The third kappa shape index (κ3) is 7.45. The minimum absolute atomic E-state index is 0.426. The van der Waals surface area contributed by atoms with Gasteiger partial charge in [0.15, 0.2) is 0 Å². The summed E-state index contributed by atoms with van der Waals surface area (Å²) in [5, 5.41) is 11.4. The molecule has 7 nitrogen and oxygen atoms in total. The molecule has 1 N–H and O–H groups in total. The van der Waals surface area contributed by atoms with Crippen molar-refractivity contribution in [1.29, 1.82) is 0 Å². The van der Waals surface area contributed by atoms with Crippen molar-refractivity contribution in [2.45, 2.75) is 70.5 Å². The molecule has 0 radical (unpaired) electrons. The Morgan fingerprint density at radius 3 is 2.15 bits per heavy atom. The zero-order valence-corrected chi connectivity index (χ0v) is 19.3. The van der Waals surface area contributed by atoms with Gasteiger partial charge in [-0.25, -0.2) is 4.79 Å². The summed E-state index contributed by atoms with van der Waals surface area (Å²) < 4.78 is 33.6. The number of carboxylic acids is 1. The number of nitrogens with zero attached hydrogens (tertiary/aromatic N) is 4. The Kier molecular flexibility index (Phi) is 8.42. The summed E-state index contributed by atoms with van der Waals surface area (Å²) in [5.41, 5.74) is 1.89. The lowest BCUT2D eigenvalue weighted by Crippen LogP contribution is -2.42. The van der Waals surface area contributed by atoms with Crippen LogP contribution in [0.1, 0.15) is 63.4 Å². The number of alkyl halides is 3. The van der Waals surface area contributed by atoms with Crippen molar-refractivity contribution >= 4 is 11.9 Å². The minimum atomic E-state index is -5.08. The molecule has 1 aromatic rings. The predicted octanol–water partition coefficient (Wildman–Crippen LogP) is 3.84. The molecular weight excluding hydrogens is 437 g/mol. The molecule has 3 heterocycles. The van der Waals surface area contributed by atoms with Gasteiger partial charge < -0.3 is 10.0 Å². The summed E-state index contributed by atoms with van der Waals surface area (Å²) in [5.74, 6) is -1.69. The zero-order valence-electron chi connectivity index (χ0n) is 19.3. The van der Waals surface area contributed by atoms with E-state index in [-0.39, 0.29) is 0 Å². The second-order valence-corrected chi connectivity index (χ2v) is 9.84. The van der Waals surface area contributed by atoms with Crippen molar-refractivity contribution in [3.8, 4) is 0 Å². The molecular formula is C23H35F3N4O3. The van der Waals surface area contributed by atoms with Gasteiger partial charge in [0.2, 0.25) is 5.91 Å². The molecule has 4 rings (SSSR count). The van der Waals surface area contributed by atoms with E-state index in [1.807, 2.05) is 17.9 Å². The quantitative estimate of drug-likeness (QED) is 0.721. The Labute approximate surface area is 192 Å². The molecule has 0 aromatic carbocycles. The van der Waals surface area contributed by atoms with Crippen LogP contribution in [0.3, 0.4) is 0 Å². The molecule has 1 saturated carbocycles. The van der Waals surface area contributed by atoms with E-state index in [1.165, 1.54) is 70.0 Å². The molecule has 1 aliphatic carbocycles. The first-order chi connectivity index (χ1) is 15.6. The van der Waals surface area contributed by atoms with E-state index < -0.39 is 12.1 Å². The lowest BCUT2D eigenvalue weighted by Gasteiger charge is -2.46. The Balaban J connectivity index is 0.000000383. The van der Waals surface area contributed by atoms with Crippen molar-refractivity contribution in [3.63, 3.8) is 0 Å². The number of hydrogen-bond donors (Lipinski definition) is 1. The van der Waals surface area contributed by atoms with Crippen LogP contribution in [-0.4, -0.2) is 68.9 Å². The predicted molar refractivity (Wildman–Crippen MR) is 116 cm³/mol. The summed E-state index contributed by atoms with van der Waals surface area (Å²) in [6.45, 7) is 5.47. The summed E-state index contributed by atoms with van der Waals surface area (Å²) in [6.07, 6.45) is 10.1. The molecule has 0 bridgehead atoms. The molecule has 1 amide bonds. The van der Waals surface area contributed by atoms with Gasteiger partial charge in [-0.15, -0.1) is 0 Å². The number of hydrogen-bond acceptors (Lipinski definition) is 4. The smallest absolute Gasteiger partial charge is 0.475 e. The maximum Gasteiger partial charge on any atom is 0.490 e. The summed E-state index contributed by atoms with van der Waals surface area (Å²) >= 11 is 0. The SMILES string of the molecule is Cn1cc(CN2CCC3(CCC(CC(=O)N4CCCC4)CC3)CC2)cn1.O=C(O)C(F)(F)F. The average Bonchev–Trinajstić information content (AvgIpc) is 3.44. The van der Waals surface area contributed by atoms with Crippen LogP contribution in [0.5, 0.6) is 0 Å². The van der Waals surface area contributed by atoms with Crippen LogP contribution in [0.25, 0.3) is 0 Å². The minimum Gasteiger partial charge on any atom is -0.475 e. The third-order valence-corrected chi connectivity index (χ3v) is 7.41. The van der Waals surface area contributed by atoms with Crippen LogP contribution in [0.2, 0.25) is 0 Å². The molecule has 3 fully saturated rings. The van der Waals surface area contributed by atoms with Gasteiger partial charge in [0.1, 0.15) is 0 Å². The highest BCUT2D eigenvalue weighted by Gasteiger charge is 2.39. The Bertz CT molecular complexity index is 787. The van der Waals surface area contributed by atoms with Crippen LogP contribution < -0.4 is 0 Å². The highest BCUT2D eigenvalue weighted by atomic mass is 19.4. The Morgan fingerprint density at radius 1 is 1.09 bits per heavy atom. The number of carbonyl (C=O) groups excluding carboxylic acids is 1. The number of rotatable bonds is 4. The number of carbonyl (C=O) groups is 2. The second-order valence-electron chi connectivity index (χ2n) is 9.84. The van der Waals surface area contributed by atoms with Gasteiger partial charge in [-0.05, 0) is 75.8 Å². The number of aryl methyl sites for hydroxylation is 1. The van der Waals surface area contributed by atoms with E-state index in [0.717, 1.165) is 26.1 Å².